The van der Waals surface area contributed by atoms with Crippen LogP contribution >= 0.6 is 25.3 Å². The molecule has 1 aromatic rings. The van der Waals surface area contributed by atoms with E-state index in [0.717, 1.165) is 11.8 Å². The molecule has 1 aliphatic heterocycles. The van der Waals surface area contributed by atoms with Gasteiger partial charge < -0.3 is 85.4 Å². The lowest BCUT2D eigenvalue weighted by molar-refractivity contribution is -0.144. The number of thiol groups is 2. The Labute approximate surface area is 394 Å². The second-order valence-corrected chi connectivity index (χ2v) is 16.1. The van der Waals surface area contributed by atoms with Crippen molar-refractivity contribution in [2.45, 2.75) is 113 Å². The van der Waals surface area contributed by atoms with E-state index < -0.39 is 133 Å². The standard InChI is InChI=1S/C37H61N15O13S2/c1-16(28(56)47-21(9-18-11-42-15-44-18)31(59)50-24(14-67)36(64)65)45-33(61)25-6-4-8-52(25)35(63)23(12-53)49-34(62)27(17(2)54)51-30(58)20(5-3-7-43-37(40)41)46-32(60)22(10-26(39)55)48-29(57)19(38)13-66/h11,15-17,19-25,27,53-54,66-67H,3-10,12-14,38H2,1-2H3,(H2,39,55)(H,42,44)(H,45,61)(H,46,60)(H,47,56)(H,48,57)(H,49,62)(H,50,59)(H,51,58)(H,64,65)(H4,40,41,43)/t16-,17+,19-,20-,21-,22-,23-,24-,25-,27-/m0/s1. The van der Waals surface area contributed by atoms with Gasteiger partial charge in [-0.25, -0.2) is 9.78 Å². The van der Waals surface area contributed by atoms with Crippen LogP contribution in [0.15, 0.2) is 17.5 Å². The Hall–Kier alpha value is -6.24. The van der Waals surface area contributed by atoms with Crippen molar-refractivity contribution < 1.29 is 63.3 Å². The number of aromatic nitrogens is 2. The van der Waals surface area contributed by atoms with Crippen molar-refractivity contribution in [2.75, 3.05) is 31.2 Å². The summed E-state index contributed by atoms with van der Waals surface area (Å²) in [6, 6.07) is -13.1. The number of guanidine groups is 1. The van der Waals surface area contributed by atoms with Gasteiger partial charge in [0.05, 0.1) is 31.5 Å². The zero-order valence-electron chi connectivity index (χ0n) is 36.7. The molecule has 67 heavy (non-hydrogen) atoms. The van der Waals surface area contributed by atoms with Crippen LogP contribution in [-0.4, -0.2) is 187 Å². The number of aliphatic imine (C=N–C) groups is 1. The Kier molecular flexibility index (Phi) is 23.8. The molecule has 2 rings (SSSR count). The number of aliphatic carboxylic acids is 1. The fourth-order valence-electron chi connectivity index (χ4n) is 6.38. The SMILES string of the molecule is C[C@H](NC(=O)[C@@H]1CCCN1C(=O)[C@H](CO)NC(=O)[C@@H](NC(=O)[C@H](CCCN=C(N)N)NC(=O)[C@H](CC(N)=O)NC(=O)[C@@H](N)CS)[C@@H](C)O)C(=O)N[C@@H](Cc1cnc[nH]1)C(=O)N[C@@H](CS)C(=O)O. The third-order valence-electron chi connectivity index (χ3n) is 10.0. The summed E-state index contributed by atoms with van der Waals surface area (Å²) < 4.78 is 0. The van der Waals surface area contributed by atoms with Crippen LogP contribution < -0.4 is 60.2 Å². The lowest BCUT2D eigenvalue weighted by Gasteiger charge is -2.30. The number of hydrogen-bond donors (Lipinski definition) is 17. The molecule has 0 aliphatic carbocycles. The van der Waals surface area contributed by atoms with Gasteiger partial charge in [-0.2, -0.15) is 25.3 Å². The number of carbonyl (C=O) groups excluding carboxylic acids is 9. The van der Waals surface area contributed by atoms with Crippen molar-refractivity contribution >= 4 is 90.4 Å². The number of primary amides is 1. The first-order chi connectivity index (χ1) is 31.5. The molecule has 0 saturated carbocycles. The number of nitrogens with zero attached hydrogens (tertiary/aromatic N) is 3. The van der Waals surface area contributed by atoms with Crippen molar-refractivity contribution in [1.29, 1.82) is 0 Å². The minimum Gasteiger partial charge on any atom is -0.480 e. The first kappa shape index (κ1) is 56.9. The van der Waals surface area contributed by atoms with Gasteiger partial charge in [0.25, 0.3) is 0 Å². The van der Waals surface area contributed by atoms with Crippen LogP contribution in [0.25, 0.3) is 0 Å². The molecule has 374 valence electrons. The number of aliphatic hydroxyl groups excluding tert-OH is 2. The molecular formula is C37H61N15O13S2. The number of aliphatic hydroxyl groups is 2. The molecule has 10 atom stereocenters. The Morgan fingerprint density at radius 3 is 1.97 bits per heavy atom. The lowest BCUT2D eigenvalue weighted by atomic mass is 10.1. The van der Waals surface area contributed by atoms with Crippen molar-refractivity contribution in [3.63, 3.8) is 0 Å². The molecule has 0 aromatic carbocycles. The van der Waals surface area contributed by atoms with Gasteiger partial charge in [-0.1, -0.05) is 0 Å². The molecule has 0 radical (unpaired) electrons. The molecule has 0 spiro atoms. The van der Waals surface area contributed by atoms with Gasteiger partial charge in [-0.05, 0) is 39.5 Å². The smallest absolute Gasteiger partial charge is 0.327 e. The molecule has 28 nitrogen and oxygen atoms in total. The van der Waals surface area contributed by atoms with Gasteiger partial charge in [0.15, 0.2) is 5.96 Å². The van der Waals surface area contributed by atoms with E-state index in [1.807, 2.05) is 0 Å². The predicted octanol–water partition coefficient (Wildman–Crippen LogP) is -8.07. The van der Waals surface area contributed by atoms with Gasteiger partial charge in [0.1, 0.15) is 48.3 Å². The molecule has 30 heteroatoms. The van der Waals surface area contributed by atoms with E-state index in [1.54, 1.807) is 0 Å². The summed E-state index contributed by atoms with van der Waals surface area (Å²) in [6.45, 7) is 1.35. The van der Waals surface area contributed by atoms with Crippen molar-refractivity contribution in [2.24, 2.45) is 27.9 Å². The lowest BCUT2D eigenvalue weighted by Crippen LogP contribution is -2.62. The molecule has 9 amide bonds. The molecule has 1 aromatic heterocycles. The number of H-pyrrole nitrogens is 1. The number of carboxylic acids is 1. The molecule has 0 bridgehead atoms. The maximum absolute atomic E-state index is 13.8. The number of likely N-dealkylation sites (tertiary alicyclic amines) is 1. The Balaban J connectivity index is 2.22. The minimum atomic E-state index is -1.83. The van der Waals surface area contributed by atoms with Crippen LogP contribution in [0.4, 0.5) is 0 Å². The summed E-state index contributed by atoms with van der Waals surface area (Å²) in [5, 5.41) is 46.7. The predicted molar refractivity (Wildman–Crippen MR) is 242 cm³/mol. The number of nitrogens with two attached hydrogens (primary N) is 4. The number of amides is 9. The van der Waals surface area contributed by atoms with Gasteiger partial charge in [0.2, 0.25) is 53.2 Å². The molecule has 1 saturated heterocycles. The van der Waals surface area contributed by atoms with E-state index >= 15 is 0 Å². The third kappa shape index (κ3) is 18.5. The Bertz CT molecular complexity index is 1940. The highest BCUT2D eigenvalue weighted by Gasteiger charge is 2.40. The molecule has 19 N–H and O–H groups in total. The fourth-order valence-corrected chi connectivity index (χ4v) is 6.79. The Morgan fingerprint density at radius 1 is 0.821 bits per heavy atom. The molecule has 0 unspecified atom stereocenters. The van der Waals surface area contributed by atoms with E-state index in [0.29, 0.717) is 5.69 Å². The molecule has 1 fully saturated rings. The largest absolute Gasteiger partial charge is 0.480 e. The highest BCUT2D eigenvalue weighted by molar-refractivity contribution is 7.80. The van der Waals surface area contributed by atoms with Crippen LogP contribution in [0.3, 0.4) is 0 Å². The summed E-state index contributed by atoms with van der Waals surface area (Å²) in [7, 11) is 0. The monoisotopic (exact) mass is 987 g/mol. The quantitative estimate of drug-likeness (QED) is 0.0160. The number of carboxylic acid groups (broad SMARTS) is 1. The first-order valence-electron chi connectivity index (χ1n) is 20.8. The summed E-state index contributed by atoms with van der Waals surface area (Å²) in [4.78, 5) is 142. The van der Waals surface area contributed by atoms with Crippen LogP contribution in [0.1, 0.15) is 51.6 Å². The van der Waals surface area contributed by atoms with E-state index in [9.17, 15) is 63.3 Å². The number of hydrogen-bond acceptors (Lipinski definition) is 17. The summed E-state index contributed by atoms with van der Waals surface area (Å²) in [5.74, 6) is -10.6. The number of imidazole rings is 1. The van der Waals surface area contributed by atoms with Crippen LogP contribution in [-0.2, 0) is 54.4 Å². The highest BCUT2D eigenvalue weighted by Crippen LogP contribution is 2.19. The van der Waals surface area contributed by atoms with Gasteiger partial charge in [0, 0.05) is 42.9 Å². The van der Waals surface area contributed by atoms with Gasteiger partial charge in [-0.15, -0.1) is 0 Å². The summed E-state index contributed by atoms with van der Waals surface area (Å²) in [5.41, 5.74) is 22.1. The second kappa shape index (κ2) is 28.1. The third-order valence-corrected chi connectivity index (χ3v) is 10.8. The molecular weight excluding hydrogens is 927 g/mol. The molecule has 1 aliphatic rings. The van der Waals surface area contributed by atoms with E-state index in [1.165, 1.54) is 19.4 Å². The van der Waals surface area contributed by atoms with Crippen LogP contribution in [0.2, 0.25) is 0 Å². The average Bonchev–Trinajstić information content (AvgIpc) is 3.99. The maximum atomic E-state index is 13.8. The number of aromatic amines is 1. The van der Waals surface area contributed by atoms with Gasteiger partial charge in [-0.3, -0.25) is 48.1 Å². The average molecular weight is 988 g/mol. The highest BCUT2D eigenvalue weighted by atomic mass is 32.1. The normalized spacial score (nSPS) is 17.3. The topological polar surface area (TPSA) is 464 Å². The van der Waals surface area contributed by atoms with E-state index in [2.05, 4.69) is 77.4 Å². The fraction of sp³-hybridized carbons (Fsp3) is 0.622. The summed E-state index contributed by atoms with van der Waals surface area (Å²) >= 11 is 7.87. The summed E-state index contributed by atoms with van der Waals surface area (Å²) in [6.07, 6.45) is 0.456. The van der Waals surface area contributed by atoms with Crippen LogP contribution in [0, 0.1) is 0 Å². The number of rotatable bonds is 28. The van der Waals surface area contributed by atoms with Crippen LogP contribution in [0.5, 0.6) is 0 Å². The number of nitrogens with one attached hydrogen (secondary N) is 8. The first-order valence-corrected chi connectivity index (χ1v) is 22.0. The van der Waals surface area contributed by atoms with Crippen molar-refractivity contribution in [3.8, 4) is 0 Å². The second-order valence-electron chi connectivity index (χ2n) is 15.3. The zero-order valence-corrected chi connectivity index (χ0v) is 38.5. The minimum absolute atomic E-state index is 0.0259. The molecule has 2 heterocycles. The van der Waals surface area contributed by atoms with E-state index in [4.69, 9.17) is 22.9 Å². The zero-order chi connectivity index (χ0) is 50.5. The van der Waals surface area contributed by atoms with E-state index in [-0.39, 0.29) is 62.7 Å². The Morgan fingerprint density at radius 2 is 1.42 bits per heavy atom. The number of carbonyl (C=O) groups is 10. The van der Waals surface area contributed by atoms with Gasteiger partial charge >= 0.3 is 5.97 Å². The maximum Gasteiger partial charge on any atom is 0.327 e. The van der Waals surface area contributed by atoms with Crippen molar-refractivity contribution in [3.05, 3.63) is 18.2 Å². The van der Waals surface area contributed by atoms with Crippen molar-refractivity contribution in [1.82, 2.24) is 52.1 Å².